The molecular formula is C19H22N2O4. The fourth-order valence-corrected chi connectivity index (χ4v) is 2.29. The summed E-state index contributed by atoms with van der Waals surface area (Å²) < 4.78 is 5.10. The molecule has 0 aliphatic rings. The van der Waals surface area contributed by atoms with Crippen molar-refractivity contribution in [1.82, 2.24) is 10.6 Å². The van der Waals surface area contributed by atoms with Crippen LogP contribution in [0, 0.1) is 0 Å². The highest BCUT2D eigenvalue weighted by atomic mass is 16.5. The number of hydrogen-bond donors (Lipinski definition) is 3. The van der Waals surface area contributed by atoms with Gasteiger partial charge < -0.3 is 20.5 Å². The standard InChI is InChI=1S/C19H22N2O4/c1-25-17-9-5-8-15(11-17)12-20-18(23)19(24)21-13-16(22)10-14-6-3-2-4-7-14/h2-9,11,16,22H,10,12-13H2,1H3,(H,20,23)(H,21,24). The smallest absolute Gasteiger partial charge is 0.309 e. The number of aliphatic hydroxyl groups is 1. The maximum Gasteiger partial charge on any atom is 0.309 e. The quantitative estimate of drug-likeness (QED) is 0.656. The van der Waals surface area contributed by atoms with Gasteiger partial charge in [-0.25, -0.2) is 0 Å². The van der Waals surface area contributed by atoms with E-state index in [1.165, 1.54) is 0 Å². The van der Waals surface area contributed by atoms with Crippen molar-refractivity contribution in [3.05, 3.63) is 65.7 Å². The number of methoxy groups -OCH3 is 1. The summed E-state index contributed by atoms with van der Waals surface area (Å²) >= 11 is 0. The van der Waals surface area contributed by atoms with E-state index in [2.05, 4.69) is 10.6 Å². The van der Waals surface area contributed by atoms with Crippen LogP contribution in [0.2, 0.25) is 0 Å². The van der Waals surface area contributed by atoms with Crippen LogP contribution >= 0.6 is 0 Å². The summed E-state index contributed by atoms with van der Waals surface area (Å²) in [7, 11) is 1.56. The van der Waals surface area contributed by atoms with Crippen molar-refractivity contribution in [2.75, 3.05) is 13.7 Å². The van der Waals surface area contributed by atoms with Crippen LogP contribution in [0.1, 0.15) is 11.1 Å². The molecule has 3 N–H and O–H groups in total. The van der Waals surface area contributed by atoms with Gasteiger partial charge in [-0.2, -0.15) is 0 Å². The van der Waals surface area contributed by atoms with Crippen LogP contribution in [0.4, 0.5) is 0 Å². The van der Waals surface area contributed by atoms with Crippen LogP contribution in [0.5, 0.6) is 5.75 Å². The minimum atomic E-state index is -0.769. The van der Waals surface area contributed by atoms with Gasteiger partial charge in [0.15, 0.2) is 0 Å². The second-order valence-electron chi connectivity index (χ2n) is 5.59. The number of carbonyl (C=O) groups excluding carboxylic acids is 2. The summed E-state index contributed by atoms with van der Waals surface area (Å²) in [6, 6.07) is 16.7. The number of hydrogen-bond acceptors (Lipinski definition) is 4. The van der Waals surface area contributed by atoms with Crippen LogP contribution < -0.4 is 15.4 Å². The van der Waals surface area contributed by atoms with Gasteiger partial charge in [0, 0.05) is 19.5 Å². The molecule has 0 bridgehead atoms. The molecule has 0 spiro atoms. The van der Waals surface area contributed by atoms with Crippen molar-refractivity contribution in [3.8, 4) is 5.75 Å². The third kappa shape index (κ3) is 6.27. The molecule has 6 nitrogen and oxygen atoms in total. The summed E-state index contributed by atoms with van der Waals surface area (Å²) in [6.45, 7) is 0.232. The number of rotatable bonds is 7. The van der Waals surface area contributed by atoms with E-state index >= 15 is 0 Å². The minimum Gasteiger partial charge on any atom is -0.497 e. The molecule has 132 valence electrons. The molecule has 0 radical (unpaired) electrons. The van der Waals surface area contributed by atoms with Gasteiger partial charge in [0.1, 0.15) is 5.75 Å². The molecule has 0 saturated heterocycles. The first-order chi connectivity index (χ1) is 12.1. The molecule has 0 aliphatic heterocycles. The summed E-state index contributed by atoms with van der Waals surface area (Å²) in [6.07, 6.45) is -0.343. The molecule has 2 aromatic carbocycles. The Balaban J connectivity index is 1.73. The van der Waals surface area contributed by atoms with Crippen LogP contribution in [0.15, 0.2) is 54.6 Å². The van der Waals surface area contributed by atoms with Gasteiger partial charge >= 0.3 is 11.8 Å². The Morgan fingerprint density at radius 2 is 1.68 bits per heavy atom. The third-order valence-corrected chi connectivity index (χ3v) is 3.61. The fraction of sp³-hybridized carbons (Fsp3) is 0.263. The van der Waals surface area contributed by atoms with E-state index in [0.29, 0.717) is 12.2 Å². The van der Waals surface area contributed by atoms with Gasteiger partial charge in [0.05, 0.1) is 13.2 Å². The normalized spacial score (nSPS) is 11.4. The number of nitrogens with one attached hydrogen (secondary N) is 2. The summed E-state index contributed by atoms with van der Waals surface area (Å²) in [5.74, 6) is -0.829. The van der Waals surface area contributed by atoms with E-state index in [9.17, 15) is 14.7 Å². The second-order valence-corrected chi connectivity index (χ2v) is 5.59. The Morgan fingerprint density at radius 3 is 2.40 bits per heavy atom. The van der Waals surface area contributed by atoms with Crippen LogP contribution in [0.3, 0.4) is 0 Å². The Morgan fingerprint density at radius 1 is 1.00 bits per heavy atom. The molecule has 0 fully saturated rings. The van der Waals surface area contributed by atoms with E-state index in [1.807, 2.05) is 36.4 Å². The number of benzene rings is 2. The number of aliphatic hydroxyl groups excluding tert-OH is 1. The first-order valence-electron chi connectivity index (χ1n) is 7.99. The number of amides is 2. The Bertz CT molecular complexity index is 704. The lowest BCUT2D eigenvalue weighted by Gasteiger charge is -2.12. The topological polar surface area (TPSA) is 87.7 Å². The molecule has 1 atom stereocenters. The fourth-order valence-electron chi connectivity index (χ4n) is 2.29. The maximum atomic E-state index is 11.8. The molecule has 0 aliphatic carbocycles. The Labute approximate surface area is 146 Å². The SMILES string of the molecule is COc1cccc(CNC(=O)C(=O)NCC(O)Cc2ccccc2)c1. The van der Waals surface area contributed by atoms with Crippen molar-refractivity contribution in [3.63, 3.8) is 0 Å². The van der Waals surface area contributed by atoms with E-state index in [-0.39, 0.29) is 13.1 Å². The van der Waals surface area contributed by atoms with E-state index < -0.39 is 17.9 Å². The van der Waals surface area contributed by atoms with Gasteiger partial charge in [0.2, 0.25) is 0 Å². The van der Waals surface area contributed by atoms with Crippen molar-refractivity contribution in [2.24, 2.45) is 0 Å². The van der Waals surface area contributed by atoms with E-state index in [1.54, 1.807) is 25.3 Å². The highest BCUT2D eigenvalue weighted by Gasteiger charge is 2.15. The summed E-state index contributed by atoms with van der Waals surface area (Å²) in [4.78, 5) is 23.6. The average Bonchev–Trinajstić information content (AvgIpc) is 2.65. The molecular weight excluding hydrogens is 320 g/mol. The van der Waals surface area contributed by atoms with Crippen molar-refractivity contribution in [1.29, 1.82) is 0 Å². The first kappa shape index (κ1) is 18.5. The molecule has 0 saturated carbocycles. The molecule has 0 heterocycles. The zero-order valence-electron chi connectivity index (χ0n) is 14.1. The lowest BCUT2D eigenvalue weighted by atomic mass is 10.1. The van der Waals surface area contributed by atoms with E-state index in [0.717, 1.165) is 11.1 Å². The zero-order chi connectivity index (χ0) is 18.1. The number of carbonyl (C=O) groups is 2. The molecule has 0 aromatic heterocycles. The molecule has 2 rings (SSSR count). The van der Waals surface area contributed by atoms with Gasteiger partial charge in [-0.3, -0.25) is 9.59 Å². The van der Waals surface area contributed by atoms with Gasteiger partial charge in [-0.1, -0.05) is 42.5 Å². The lowest BCUT2D eigenvalue weighted by Crippen LogP contribution is -2.42. The zero-order valence-corrected chi connectivity index (χ0v) is 14.1. The van der Waals surface area contributed by atoms with Crippen LogP contribution in [0.25, 0.3) is 0 Å². The Kier molecular flexibility index (Phi) is 6.98. The van der Waals surface area contributed by atoms with Gasteiger partial charge in [-0.15, -0.1) is 0 Å². The second kappa shape index (κ2) is 9.44. The molecule has 25 heavy (non-hydrogen) atoms. The first-order valence-corrected chi connectivity index (χ1v) is 7.99. The number of ether oxygens (including phenoxy) is 1. The average molecular weight is 342 g/mol. The minimum absolute atomic E-state index is 0.0142. The van der Waals surface area contributed by atoms with Crippen molar-refractivity contribution in [2.45, 2.75) is 19.1 Å². The largest absolute Gasteiger partial charge is 0.497 e. The highest BCUT2D eigenvalue weighted by molar-refractivity contribution is 6.35. The molecule has 2 amide bonds. The Hall–Kier alpha value is -2.86. The predicted molar refractivity (Wildman–Crippen MR) is 94.0 cm³/mol. The predicted octanol–water partition coefficient (Wildman–Crippen LogP) is 1.03. The van der Waals surface area contributed by atoms with E-state index in [4.69, 9.17) is 4.74 Å². The lowest BCUT2D eigenvalue weighted by molar-refractivity contribution is -0.139. The van der Waals surface area contributed by atoms with Crippen LogP contribution in [-0.2, 0) is 22.6 Å². The maximum absolute atomic E-state index is 11.8. The van der Waals surface area contributed by atoms with Gasteiger partial charge in [0.25, 0.3) is 0 Å². The highest BCUT2D eigenvalue weighted by Crippen LogP contribution is 2.12. The molecule has 1 unspecified atom stereocenters. The molecule has 6 heteroatoms. The monoisotopic (exact) mass is 342 g/mol. The van der Waals surface area contributed by atoms with Gasteiger partial charge in [-0.05, 0) is 23.3 Å². The van der Waals surface area contributed by atoms with Crippen molar-refractivity contribution >= 4 is 11.8 Å². The van der Waals surface area contributed by atoms with Crippen LogP contribution in [-0.4, -0.2) is 36.7 Å². The molecule has 2 aromatic rings. The van der Waals surface area contributed by atoms with Crippen molar-refractivity contribution < 1.29 is 19.4 Å². The third-order valence-electron chi connectivity index (χ3n) is 3.61. The summed E-state index contributed by atoms with van der Waals surface area (Å²) in [5, 5.41) is 14.9. The summed E-state index contributed by atoms with van der Waals surface area (Å²) in [5.41, 5.74) is 1.79.